The summed E-state index contributed by atoms with van der Waals surface area (Å²) in [6.07, 6.45) is -1.73. The second-order valence-corrected chi connectivity index (χ2v) is 7.64. The van der Waals surface area contributed by atoms with Crippen molar-refractivity contribution in [2.45, 2.75) is 12.6 Å². The fraction of sp³-hybridized carbons (Fsp3) is 0.286. The lowest BCUT2D eigenvalue weighted by Gasteiger charge is -2.23. The van der Waals surface area contributed by atoms with E-state index in [0.29, 0.717) is 37.0 Å². The number of para-hydroxylation sites is 1. The number of hydrogen-bond donors (Lipinski definition) is 1. The first-order valence-corrected chi connectivity index (χ1v) is 10.0. The van der Waals surface area contributed by atoms with E-state index in [1.807, 2.05) is 12.1 Å². The number of hydrogen-bond acceptors (Lipinski definition) is 4. The Balaban J connectivity index is 1.48. The third kappa shape index (κ3) is 4.23. The Labute approximate surface area is 180 Å². The number of Topliss-reactive ketones (excluding diaryl/α,β-unsaturated/α-hetero) is 1. The molecule has 6 nitrogen and oxygen atoms in total. The summed E-state index contributed by atoms with van der Waals surface area (Å²) in [5.41, 5.74) is 0.162. The molecule has 1 aromatic carbocycles. The van der Waals surface area contributed by atoms with Crippen LogP contribution in [0.5, 0.6) is 0 Å². The molecule has 1 amide bonds. The molecule has 1 fully saturated rings. The van der Waals surface area contributed by atoms with Gasteiger partial charge in [-0.1, -0.05) is 29.8 Å². The number of aromatic nitrogens is 2. The number of fused-ring (bicyclic) bond motifs is 1. The smallest absolute Gasteiger partial charge is 0.360 e. The summed E-state index contributed by atoms with van der Waals surface area (Å²) in [6, 6.07) is 8.06. The normalized spacial score (nSPS) is 15.2. The van der Waals surface area contributed by atoms with Crippen molar-refractivity contribution in [1.29, 1.82) is 0 Å². The Morgan fingerprint density at radius 1 is 1.10 bits per heavy atom. The lowest BCUT2D eigenvalue weighted by atomic mass is 10.1. The molecule has 4 rings (SSSR count). The molecule has 0 saturated carbocycles. The molecule has 162 valence electrons. The Kier molecular flexibility index (Phi) is 5.62. The van der Waals surface area contributed by atoms with E-state index in [2.05, 4.69) is 9.97 Å². The van der Waals surface area contributed by atoms with Gasteiger partial charge in [-0.2, -0.15) is 13.2 Å². The number of aromatic amines is 1. The average molecular weight is 451 g/mol. The zero-order valence-electron chi connectivity index (χ0n) is 16.2. The Hall–Kier alpha value is -3.07. The lowest BCUT2D eigenvalue weighted by Crippen LogP contribution is -2.39. The molecular formula is C21H18ClF3N4O2. The third-order valence-electron chi connectivity index (χ3n) is 5.26. The van der Waals surface area contributed by atoms with Gasteiger partial charge in [0, 0.05) is 49.5 Å². The molecule has 0 aliphatic carbocycles. The van der Waals surface area contributed by atoms with Crippen molar-refractivity contribution in [3.63, 3.8) is 0 Å². The highest BCUT2D eigenvalue weighted by atomic mass is 35.5. The molecular weight excluding hydrogens is 433 g/mol. The number of benzene rings is 1. The minimum atomic E-state index is -4.53. The average Bonchev–Trinajstić information content (AvgIpc) is 3.02. The number of H-pyrrole nitrogens is 1. The summed E-state index contributed by atoms with van der Waals surface area (Å²) in [5, 5.41) is 0.572. The molecule has 1 N–H and O–H groups in total. The van der Waals surface area contributed by atoms with Crippen LogP contribution in [0.15, 0.2) is 42.7 Å². The van der Waals surface area contributed by atoms with Gasteiger partial charge in [0.15, 0.2) is 0 Å². The van der Waals surface area contributed by atoms with Gasteiger partial charge < -0.3 is 14.8 Å². The lowest BCUT2D eigenvalue weighted by molar-refractivity contribution is -0.137. The van der Waals surface area contributed by atoms with E-state index in [0.717, 1.165) is 17.8 Å². The summed E-state index contributed by atoms with van der Waals surface area (Å²) in [6.45, 7) is 1.32. The minimum absolute atomic E-state index is 0.107. The maximum atomic E-state index is 12.8. The minimum Gasteiger partial charge on any atom is -0.360 e. The number of halogens is 4. The van der Waals surface area contributed by atoms with Gasteiger partial charge in [-0.15, -0.1) is 0 Å². The quantitative estimate of drug-likeness (QED) is 0.480. The number of pyridine rings is 1. The molecule has 0 unspecified atom stereocenters. The molecule has 0 bridgehead atoms. The van der Waals surface area contributed by atoms with E-state index >= 15 is 0 Å². The van der Waals surface area contributed by atoms with E-state index in [4.69, 9.17) is 11.6 Å². The van der Waals surface area contributed by atoms with Crippen LogP contribution in [0.3, 0.4) is 0 Å². The maximum Gasteiger partial charge on any atom is 0.417 e. The number of ketones is 1. The van der Waals surface area contributed by atoms with Crippen molar-refractivity contribution < 1.29 is 22.8 Å². The molecule has 3 aromatic rings. The van der Waals surface area contributed by atoms with Crippen LogP contribution in [0.25, 0.3) is 10.9 Å². The summed E-state index contributed by atoms with van der Waals surface area (Å²) >= 11 is 6.05. The zero-order valence-corrected chi connectivity index (χ0v) is 17.0. The first kappa shape index (κ1) is 21.2. The second kappa shape index (κ2) is 8.22. The van der Waals surface area contributed by atoms with Crippen LogP contribution in [0.4, 0.5) is 19.0 Å². The number of nitrogens with one attached hydrogen (secondary N) is 1. The van der Waals surface area contributed by atoms with Crippen LogP contribution in [0.1, 0.15) is 22.3 Å². The van der Waals surface area contributed by atoms with E-state index in [-0.39, 0.29) is 17.4 Å². The van der Waals surface area contributed by atoms with Crippen molar-refractivity contribution in [3.05, 3.63) is 58.9 Å². The van der Waals surface area contributed by atoms with E-state index in [1.54, 1.807) is 17.0 Å². The van der Waals surface area contributed by atoms with Crippen molar-refractivity contribution in [2.75, 3.05) is 31.1 Å². The number of carbonyl (C=O) groups is 2. The van der Waals surface area contributed by atoms with E-state index in [1.165, 1.54) is 11.1 Å². The first-order valence-electron chi connectivity index (χ1n) is 9.63. The number of amides is 1. The van der Waals surface area contributed by atoms with Gasteiger partial charge >= 0.3 is 6.18 Å². The van der Waals surface area contributed by atoms with Gasteiger partial charge in [-0.05, 0) is 18.6 Å². The number of rotatable bonds is 3. The van der Waals surface area contributed by atoms with E-state index in [9.17, 15) is 22.8 Å². The highest BCUT2D eigenvalue weighted by molar-refractivity contribution is 6.44. The Bertz CT molecular complexity index is 1150. The van der Waals surface area contributed by atoms with Gasteiger partial charge in [-0.25, -0.2) is 4.98 Å². The summed E-state index contributed by atoms with van der Waals surface area (Å²) in [7, 11) is 0. The van der Waals surface area contributed by atoms with Crippen LogP contribution in [-0.4, -0.2) is 52.7 Å². The van der Waals surface area contributed by atoms with Gasteiger partial charge in [0.1, 0.15) is 5.82 Å². The fourth-order valence-electron chi connectivity index (χ4n) is 3.67. The highest BCUT2D eigenvalue weighted by Crippen LogP contribution is 2.33. The predicted molar refractivity (Wildman–Crippen MR) is 110 cm³/mol. The van der Waals surface area contributed by atoms with Crippen molar-refractivity contribution >= 4 is 40.0 Å². The molecule has 10 heteroatoms. The standard InChI is InChI=1S/C21H18ClF3N4O2/c22-16-10-13(21(23,24)25)11-27-19(16)28-6-3-7-29(9-8-28)20(31)18(30)15-12-26-17-5-2-1-4-14(15)17/h1-2,4-5,10-12,26H,3,6-9H2. The van der Waals surface area contributed by atoms with Crippen molar-refractivity contribution in [3.8, 4) is 0 Å². The summed E-state index contributed by atoms with van der Waals surface area (Å²) < 4.78 is 38.5. The number of alkyl halides is 3. The van der Waals surface area contributed by atoms with Crippen molar-refractivity contribution in [2.24, 2.45) is 0 Å². The number of anilines is 1. The number of carbonyl (C=O) groups excluding carboxylic acids is 2. The first-order chi connectivity index (χ1) is 14.8. The largest absolute Gasteiger partial charge is 0.417 e. The zero-order chi connectivity index (χ0) is 22.2. The maximum absolute atomic E-state index is 12.8. The second-order valence-electron chi connectivity index (χ2n) is 7.24. The number of nitrogens with zero attached hydrogens (tertiary/aromatic N) is 3. The fourth-order valence-corrected chi connectivity index (χ4v) is 3.95. The van der Waals surface area contributed by atoms with Gasteiger partial charge in [0.05, 0.1) is 16.1 Å². The molecule has 1 saturated heterocycles. The molecule has 31 heavy (non-hydrogen) atoms. The Morgan fingerprint density at radius 2 is 1.87 bits per heavy atom. The van der Waals surface area contributed by atoms with Gasteiger partial charge in [0.25, 0.3) is 11.7 Å². The topological polar surface area (TPSA) is 69.3 Å². The van der Waals surface area contributed by atoms with Crippen LogP contribution >= 0.6 is 11.6 Å². The van der Waals surface area contributed by atoms with Gasteiger partial charge in [0.2, 0.25) is 0 Å². The monoisotopic (exact) mass is 450 g/mol. The van der Waals surface area contributed by atoms with E-state index < -0.39 is 23.4 Å². The van der Waals surface area contributed by atoms with Gasteiger partial charge in [-0.3, -0.25) is 9.59 Å². The third-order valence-corrected chi connectivity index (χ3v) is 5.54. The molecule has 1 aliphatic heterocycles. The summed E-state index contributed by atoms with van der Waals surface area (Å²) in [5.74, 6) is -0.985. The molecule has 0 spiro atoms. The molecule has 1 aliphatic rings. The van der Waals surface area contributed by atoms with Crippen LogP contribution in [0.2, 0.25) is 5.02 Å². The van der Waals surface area contributed by atoms with Crippen LogP contribution < -0.4 is 4.90 Å². The molecule has 0 radical (unpaired) electrons. The van der Waals surface area contributed by atoms with Crippen molar-refractivity contribution in [1.82, 2.24) is 14.9 Å². The van der Waals surface area contributed by atoms with Crippen LogP contribution in [-0.2, 0) is 11.0 Å². The predicted octanol–water partition coefficient (Wildman–Crippen LogP) is 4.16. The molecule has 3 heterocycles. The SMILES string of the molecule is O=C(C(=O)N1CCCN(c2ncc(C(F)(F)F)cc2Cl)CC1)c1c[nH]c2ccccc12. The van der Waals surface area contributed by atoms with Crippen LogP contribution in [0, 0.1) is 0 Å². The molecule has 2 aromatic heterocycles. The highest BCUT2D eigenvalue weighted by Gasteiger charge is 2.32. The summed E-state index contributed by atoms with van der Waals surface area (Å²) in [4.78, 5) is 35.7. The molecule has 0 atom stereocenters. The Morgan fingerprint density at radius 3 is 2.61 bits per heavy atom.